The molecular formula is C10H14O4. The molecule has 0 aliphatic carbocycles. The minimum atomic E-state index is -0.509. The van der Waals surface area contributed by atoms with Crippen molar-refractivity contribution in [2.75, 3.05) is 13.7 Å². The van der Waals surface area contributed by atoms with E-state index >= 15 is 0 Å². The van der Waals surface area contributed by atoms with E-state index in [4.69, 9.17) is 9.52 Å². The maximum atomic E-state index is 11.1. The first kappa shape index (κ1) is 10.8. The highest BCUT2D eigenvalue weighted by atomic mass is 16.5. The van der Waals surface area contributed by atoms with Gasteiger partial charge >= 0.3 is 5.97 Å². The number of hydrogen-bond donors (Lipinski definition) is 1. The highest BCUT2D eigenvalue weighted by Gasteiger charge is 2.24. The third-order valence-corrected chi connectivity index (χ3v) is 2.05. The Bertz CT molecular complexity index is 325. The molecule has 0 spiro atoms. The van der Waals surface area contributed by atoms with Crippen molar-refractivity contribution in [2.24, 2.45) is 0 Å². The van der Waals surface area contributed by atoms with E-state index in [0.29, 0.717) is 5.76 Å². The van der Waals surface area contributed by atoms with Gasteiger partial charge in [0.2, 0.25) is 5.76 Å². The van der Waals surface area contributed by atoms with Crippen LogP contribution in [0, 0.1) is 0 Å². The zero-order valence-corrected chi connectivity index (χ0v) is 8.53. The Balaban J connectivity index is 2.93. The minimum Gasteiger partial charge on any atom is -0.463 e. The lowest BCUT2D eigenvalue weighted by molar-refractivity contribution is 0.0558. The van der Waals surface area contributed by atoms with Crippen LogP contribution >= 0.6 is 0 Å². The standard InChI is InChI=1S/C10H14O4/c1-10(2,6-11)8-5-4-7(14-8)9(12)13-3/h4-5,11H,6H2,1-3H3. The highest BCUT2D eigenvalue weighted by Crippen LogP contribution is 2.24. The van der Waals surface area contributed by atoms with E-state index in [1.165, 1.54) is 7.11 Å². The Morgan fingerprint density at radius 2 is 2.21 bits per heavy atom. The lowest BCUT2D eigenvalue weighted by atomic mass is 9.92. The van der Waals surface area contributed by atoms with Crippen LogP contribution in [0.3, 0.4) is 0 Å². The molecule has 0 unspecified atom stereocenters. The Labute approximate surface area is 82.5 Å². The fourth-order valence-corrected chi connectivity index (χ4v) is 0.990. The number of carbonyl (C=O) groups excluding carboxylic acids is 1. The molecule has 1 heterocycles. The molecule has 0 aliphatic rings. The van der Waals surface area contributed by atoms with Crippen molar-refractivity contribution >= 4 is 5.97 Å². The summed E-state index contributed by atoms with van der Waals surface area (Å²) in [5.41, 5.74) is -0.480. The lowest BCUT2D eigenvalue weighted by Gasteiger charge is -2.17. The van der Waals surface area contributed by atoms with Crippen LogP contribution in [0.2, 0.25) is 0 Å². The monoisotopic (exact) mass is 198 g/mol. The molecule has 0 radical (unpaired) electrons. The van der Waals surface area contributed by atoms with Crippen molar-refractivity contribution in [3.63, 3.8) is 0 Å². The van der Waals surface area contributed by atoms with E-state index in [1.807, 2.05) is 13.8 Å². The van der Waals surface area contributed by atoms with Gasteiger partial charge in [-0.25, -0.2) is 4.79 Å². The van der Waals surface area contributed by atoms with Gasteiger partial charge in [0.1, 0.15) is 5.76 Å². The van der Waals surface area contributed by atoms with Crippen molar-refractivity contribution in [3.8, 4) is 0 Å². The second-order valence-corrected chi connectivity index (χ2v) is 3.70. The van der Waals surface area contributed by atoms with Gasteiger partial charge in [-0.3, -0.25) is 0 Å². The van der Waals surface area contributed by atoms with Gasteiger partial charge in [0, 0.05) is 5.41 Å². The molecule has 0 aliphatic heterocycles. The number of aliphatic hydroxyl groups excluding tert-OH is 1. The van der Waals surface area contributed by atoms with Gasteiger partial charge in [0.25, 0.3) is 0 Å². The zero-order valence-electron chi connectivity index (χ0n) is 8.53. The van der Waals surface area contributed by atoms with Crippen LogP contribution in [0.4, 0.5) is 0 Å². The molecule has 1 rings (SSSR count). The number of hydrogen-bond acceptors (Lipinski definition) is 4. The topological polar surface area (TPSA) is 59.7 Å². The summed E-state index contributed by atoms with van der Waals surface area (Å²) in [5.74, 6) is 0.217. The van der Waals surface area contributed by atoms with Gasteiger partial charge in [-0.1, -0.05) is 13.8 Å². The van der Waals surface area contributed by atoms with Gasteiger partial charge in [-0.05, 0) is 12.1 Å². The van der Waals surface area contributed by atoms with Gasteiger partial charge in [0.15, 0.2) is 0 Å². The number of esters is 1. The summed E-state index contributed by atoms with van der Waals surface area (Å²) in [6.45, 7) is 3.61. The number of methoxy groups -OCH3 is 1. The summed E-state index contributed by atoms with van der Waals surface area (Å²) < 4.78 is 9.76. The van der Waals surface area contributed by atoms with E-state index in [0.717, 1.165) is 0 Å². The van der Waals surface area contributed by atoms with Crippen LogP contribution in [0.15, 0.2) is 16.5 Å². The lowest BCUT2D eigenvalue weighted by Crippen LogP contribution is -2.21. The molecule has 1 aromatic rings. The fraction of sp³-hybridized carbons (Fsp3) is 0.500. The summed E-state index contributed by atoms with van der Waals surface area (Å²) in [6.07, 6.45) is 0. The molecule has 0 amide bonds. The Hall–Kier alpha value is -1.29. The molecule has 0 fully saturated rings. The van der Waals surface area contributed by atoms with Crippen molar-refractivity contribution in [1.82, 2.24) is 0 Å². The molecule has 0 atom stereocenters. The second kappa shape index (κ2) is 3.84. The van der Waals surface area contributed by atoms with Gasteiger partial charge < -0.3 is 14.3 Å². The van der Waals surface area contributed by atoms with Crippen LogP contribution in [0.5, 0.6) is 0 Å². The van der Waals surface area contributed by atoms with Crippen LogP contribution in [0.1, 0.15) is 30.2 Å². The van der Waals surface area contributed by atoms with Crippen LogP contribution in [-0.2, 0) is 10.2 Å². The molecule has 1 N–H and O–H groups in total. The first-order valence-electron chi connectivity index (χ1n) is 4.31. The summed E-state index contributed by atoms with van der Waals surface area (Å²) in [4.78, 5) is 11.1. The minimum absolute atomic E-state index is 0.0405. The van der Waals surface area contributed by atoms with E-state index in [1.54, 1.807) is 12.1 Å². The summed E-state index contributed by atoms with van der Waals surface area (Å²) in [7, 11) is 1.29. The van der Waals surface area contributed by atoms with Crippen LogP contribution in [0.25, 0.3) is 0 Å². The van der Waals surface area contributed by atoms with Gasteiger partial charge in [-0.2, -0.15) is 0 Å². The smallest absolute Gasteiger partial charge is 0.373 e. The third kappa shape index (κ3) is 1.96. The van der Waals surface area contributed by atoms with E-state index in [2.05, 4.69) is 4.74 Å². The van der Waals surface area contributed by atoms with Crippen molar-refractivity contribution < 1.29 is 19.1 Å². The van der Waals surface area contributed by atoms with Crippen molar-refractivity contribution in [1.29, 1.82) is 0 Å². The summed E-state index contributed by atoms with van der Waals surface area (Å²) >= 11 is 0. The first-order chi connectivity index (χ1) is 6.51. The third-order valence-electron chi connectivity index (χ3n) is 2.05. The number of carbonyl (C=O) groups is 1. The van der Waals surface area contributed by atoms with Crippen LogP contribution < -0.4 is 0 Å². The molecule has 14 heavy (non-hydrogen) atoms. The highest BCUT2D eigenvalue weighted by molar-refractivity contribution is 5.86. The number of furan rings is 1. The van der Waals surface area contributed by atoms with Crippen LogP contribution in [-0.4, -0.2) is 24.8 Å². The maximum absolute atomic E-state index is 11.1. The average Bonchev–Trinajstić information content (AvgIpc) is 2.66. The number of ether oxygens (including phenoxy) is 1. The fourth-order valence-electron chi connectivity index (χ4n) is 0.990. The second-order valence-electron chi connectivity index (χ2n) is 3.70. The predicted molar refractivity (Wildman–Crippen MR) is 50.2 cm³/mol. The Kier molecular flexibility index (Phi) is 2.96. The Morgan fingerprint density at radius 3 is 2.71 bits per heavy atom. The summed E-state index contributed by atoms with van der Waals surface area (Å²) in [5, 5.41) is 9.08. The van der Waals surface area contributed by atoms with Gasteiger partial charge in [-0.15, -0.1) is 0 Å². The largest absolute Gasteiger partial charge is 0.463 e. The number of rotatable bonds is 3. The zero-order chi connectivity index (χ0) is 10.8. The molecule has 78 valence electrons. The molecule has 4 heteroatoms. The van der Waals surface area contributed by atoms with Crippen molar-refractivity contribution in [2.45, 2.75) is 19.3 Å². The van der Waals surface area contributed by atoms with Crippen molar-refractivity contribution in [3.05, 3.63) is 23.7 Å². The molecule has 0 bridgehead atoms. The van der Waals surface area contributed by atoms with E-state index in [9.17, 15) is 4.79 Å². The molecule has 0 saturated carbocycles. The van der Waals surface area contributed by atoms with Gasteiger partial charge in [0.05, 0.1) is 13.7 Å². The number of aliphatic hydroxyl groups is 1. The molecule has 0 aromatic carbocycles. The Morgan fingerprint density at radius 1 is 1.57 bits per heavy atom. The maximum Gasteiger partial charge on any atom is 0.373 e. The predicted octanol–water partition coefficient (Wildman–Crippen LogP) is 1.34. The quantitative estimate of drug-likeness (QED) is 0.744. The molecule has 1 aromatic heterocycles. The first-order valence-corrected chi connectivity index (χ1v) is 4.31. The normalized spacial score (nSPS) is 11.4. The summed E-state index contributed by atoms with van der Waals surface area (Å²) in [6, 6.07) is 3.21. The molecule has 4 nitrogen and oxygen atoms in total. The average molecular weight is 198 g/mol. The van der Waals surface area contributed by atoms with E-state index < -0.39 is 11.4 Å². The molecular weight excluding hydrogens is 184 g/mol. The molecule has 0 saturated heterocycles. The SMILES string of the molecule is COC(=O)c1ccc(C(C)(C)CO)o1. The van der Waals surface area contributed by atoms with E-state index in [-0.39, 0.29) is 12.4 Å².